The summed E-state index contributed by atoms with van der Waals surface area (Å²) in [4.78, 5) is 0.902. The first-order valence-electron chi connectivity index (χ1n) is 4.19. The average Bonchev–Trinajstić information content (AvgIpc) is 2.62. The second-order valence-electron chi connectivity index (χ2n) is 2.80. The van der Waals surface area contributed by atoms with Gasteiger partial charge in [-0.25, -0.2) is 0 Å². The maximum atomic E-state index is 8.55. The third-order valence-corrected chi connectivity index (χ3v) is 4.88. The van der Waals surface area contributed by atoms with Gasteiger partial charge in [0.1, 0.15) is 3.82 Å². The van der Waals surface area contributed by atoms with Gasteiger partial charge in [-0.1, -0.05) is 68.4 Å². The summed E-state index contributed by atoms with van der Waals surface area (Å²) in [5.41, 5.74) is 2.05. The van der Waals surface area contributed by atoms with E-state index in [-0.39, 0.29) is 0 Å². The molecule has 0 saturated carbocycles. The van der Waals surface area contributed by atoms with Crippen LogP contribution in [0.15, 0.2) is 35.5 Å². The molecule has 0 aliphatic carbocycles. The van der Waals surface area contributed by atoms with Crippen LogP contribution in [0.3, 0.4) is 0 Å². The van der Waals surface area contributed by atoms with E-state index < -0.39 is 0 Å². The zero-order chi connectivity index (χ0) is 10.7. The summed E-state index contributed by atoms with van der Waals surface area (Å²) in [6.07, 6.45) is 1.43. The normalized spacial score (nSPS) is 10.9. The molecular formula is C10H7NOS3. The van der Waals surface area contributed by atoms with Gasteiger partial charge in [-0.15, -0.1) is 0 Å². The van der Waals surface area contributed by atoms with E-state index in [9.17, 15) is 0 Å². The lowest BCUT2D eigenvalue weighted by molar-refractivity contribution is 0.322. The standard InChI is InChI=1S/C10H7NOS3/c12-11-6-8-9(10(13)15-14-8)7-4-2-1-3-5-7/h1-6,12H/b11-6+. The van der Waals surface area contributed by atoms with Crippen LogP contribution in [0.5, 0.6) is 0 Å². The largest absolute Gasteiger partial charge is 0.411 e. The highest BCUT2D eigenvalue weighted by molar-refractivity contribution is 7.80. The zero-order valence-electron chi connectivity index (χ0n) is 7.58. The van der Waals surface area contributed by atoms with Gasteiger partial charge in [0.15, 0.2) is 0 Å². The summed E-state index contributed by atoms with van der Waals surface area (Å²) < 4.78 is 0.834. The van der Waals surface area contributed by atoms with Gasteiger partial charge in [0.25, 0.3) is 0 Å². The van der Waals surface area contributed by atoms with E-state index in [1.54, 1.807) is 0 Å². The Bertz CT molecular complexity index is 527. The number of hydrogen-bond acceptors (Lipinski definition) is 5. The summed E-state index contributed by atoms with van der Waals surface area (Å²) in [5, 5.41) is 11.6. The van der Waals surface area contributed by atoms with Gasteiger partial charge < -0.3 is 5.21 Å². The Morgan fingerprint density at radius 2 is 1.93 bits per heavy atom. The fourth-order valence-electron chi connectivity index (χ4n) is 1.27. The molecule has 1 aromatic carbocycles. The molecule has 2 rings (SSSR count). The van der Waals surface area contributed by atoms with Crippen LogP contribution in [0.25, 0.3) is 11.1 Å². The van der Waals surface area contributed by atoms with Crippen molar-refractivity contribution in [3.63, 3.8) is 0 Å². The number of oxime groups is 1. The average molecular weight is 253 g/mol. The predicted molar refractivity (Wildman–Crippen MR) is 67.8 cm³/mol. The molecule has 1 N–H and O–H groups in total. The smallest absolute Gasteiger partial charge is 0.110 e. The van der Waals surface area contributed by atoms with Crippen molar-refractivity contribution in [1.82, 2.24) is 0 Å². The third-order valence-electron chi connectivity index (χ3n) is 1.90. The molecule has 0 aliphatic heterocycles. The van der Waals surface area contributed by atoms with Crippen molar-refractivity contribution >= 4 is 39.1 Å². The van der Waals surface area contributed by atoms with Gasteiger partial charge in [0, 0.05) is 5.56 Å². The number of nitrogens with zero attached hydrogens (tertiary/aromatic N) is 1. The molecule has 0 fully saturated rings. The SMILES string of the molecule is O/N=C/c1ssc(=S)c1-c1ccccc1. The summed E-state index contributed by atoms with van der Waals surface area (Å²) in [5.74, 6) is 0. The summed E-state index contributed by atoms with van der Waals surface area (Å²) >= 11 is 5.25. The topological polar surface area (TPSA) is 32.6 Å². The molecule has 0 bridgehead atoms. The minimum absolute atomic E-state index is 0.834. The van der Waals surface area contributed by atoms with Gasteiger partial charge in [0.05, 0.1) is 11.1 Å². The number of hydrogen-bond donors (Lipinski definition) is 1. The maximum absolute atomic E-state index is 8.55. The van der Waals surface area contributed by atoms with Crippen molar-refractivity contribution in [2.45, 2.75) is 0 Å². The highest BCUT2D eigenvalue weighted by Crippen LogP contribution is 2.32. The molecular weight excluding hydrogens is 246 g/mol. The van der Waals surface area contributed by atoms with Crippen LogP contribution in [0.1, 0.15) is 4.88 Å². The van der Waals surface area contributed by atoms with Crippen LogP contribution >= 0.6 is 32.9 Å². The van der Waals surface area contributed by atoms with E-state index in [4.69, 9.17) is 17.4 Å². The fourth-order valence-corrected chi connectivity index (χ4v) is 3.93. The first-order valence-corrected chi connectivity index (χ1v) is 6.74. The molecule has 1 aromatic heterocycles. The van der Waals surface area contributed by atoms with Gasteiger partial charge >= 0.3 is 0 Å². The maximum Gasteiger partial charge on any atom is 0.110 e. The van der Waals surface area contributed by atoms with Crippen molar-refractivity contribution in [2.24, 2.45) is 5.16 Å². The highest BCUT2D eigenvalue weighted by Gasteiger charge is 2.08. The molecule has 0 aliphatic rings. The Kier molecular flexibility index (Phi) is 3.25. The molecule has 0 amide bonds. The molecule has 76 valence electrons. The Morgan fingerprint density at radius 3 is 2.60 bits per heavy atom. The molecule has 2 nitrogen and oxygen atoms in total. The number of rotatable bonds is 2. The lowest BCUT2D eigenvalue weighted by Gasteiger charge is -1.97. The molecule has 0 saturated heterocycles. The fraction of sp³-hybridized carbons (Fsp3) is 0. The van der Waals surface area contributed by atoms with Crippen LogP contribution in [-0.4, -0.2) is 11.4 Å². The number of benzene rings is 1. The van der Waals surface area contributed by atoms with Gasteiger partial charge in [-0.2, -0.15) is 0 Å². The second-order valence-corrected chi connectivity index (χ2v) is 5.65. The van der Waals surface area contributed by atoms with Crippen LogP contribution in [-0.2, 0) is 0 Å². The quantitative estimate of drug-likeness (QED) is 0.288. The molecule has 2 aromatic rings. The minimum atomic E-state index is 0.834. The Balaban J connectivity index is 2.62. The van der Waals surface area contributed by atoms with Crippen LogP contribution in [0.4, 0.5) is 0 Å². The van der Waals surface area contributed by atoms with E-state index in [0.29, 0.717) is 0 Å². The van der Waals surface area contributed by atoms with Crippen LogP contribution in [0.2, 0.25) is 0 Å². The molecule has 15 heavy (non-hydrogen) atoms. The van der Waals surface area contributed by atoms with Crippen molar-refractivity contribution in [2.75, 3.05) is 0 Å². The Morgan fingerprint density at radius 1 is 1.20 bits per heavy atom. The van der Waals surface area contributed by atoms with Gasteiger partial charge in [-0.3, -0.25) is 0 Å². The lowest BCUT2D eigenvalue weighted by Crippen LogP contribution is -1.81. The highest BCUT2D eigenvalue weighted by atomic mass is 32.9. The Labute approximate surface area is 99.5 Å². The molecule has 5 heteroatoms. The van der Waals surface area contributed by atoms with Crippen molar-refractivity contribution in [3.8, 4) is 11.1 Å². The molecule has 0 radical (unpaired) electrons. The molecule has 0 unspecified atom stereocenters. The van der Waals surface area contributed by atoms with E-state index in [2.05, 4.69) is 5.16 Å². The Hall–Kier alpha value is -1.04. The van der Waals surface area contributed by atoms with Crippen molar-refractivity contribution in [3.05, 3.63) is 39.0 Å². The van der Waals surface area contributed by atoms with E-state index in [0.717, 1.165) is 19.8 Å². The summed E-state index contributed by atoms with van der Waals surface area (Å²) in [6.45, 7) is 0. The molecule has 0 spiro atoms. The first-order chi connectivity index (χ1) is 7.33. The summed E-state index contributed by atoms with van der Waals surface area (Å²) in [7, 11) is 3.04. The lowest BCUT2D eigenvalue weighted by atomic mass is 10.1. The van der Waals surface area contributed by atoms with Crippen LogP contribution < -0.4 is 0 Å². The van der Waals surface area contributed by atoms with Gasteiger partial charge in [0.2, 0.25) is 0 Å². The zero-order valence-corrected chi connectivity index (χ0v) is 10.0. The third kappa shape index (κ3) is 2.14. The molecule has 0 atom stereocenters. The minimum Gasteiger partial charge on any atom is -0.411 e. The van der Waals surface area contributed by atoms with E-state index in [1.165, 1.54) is 26.9 Å². The van der Waals surface area contributed by atoms with Gasteiger partial charge in [-0.05, 0) is 5.56 Å². The van der Waals surface area contributed by atoms with Crippen molar-refractivity contribution in [1.29, 1.82) is 0 Å². The first kappa shape index (κ1) is 10.5. The monoisotopic (exact) mass is 253 g/mol. The summed E-state index contributed by atoms with van der Waals surface area (Å²) in [6, 6.07) is 9.89. The van der Waals surface area contributed by atoms with Crippen molar-refractivity contribution < 1.29 is 5.21 Å². The van der Waals surface area contributed by atoms with E-state index in [1.807, 2.05) is 30.3 Å². The van der Waals surface area contributed by atoms with Crippen LogP contribution in [0, 0.1) is 3.82 Å². The van der Waals surface area contributed by atoms with E-state index >= 15 is 0 Å². The molecule has 1 heterocycles. The second kappa shape index (κ2) is 4.65. The predicted octanol–water partition coefficient (Wildman–Crippen LogP) is 4.01.